The van der Waals surface area contributed by atoms with Gasteiger partial charge >= 0.3 is 5.69 Å². The summed E-state index contributed by atoms with van der Waals surface area (Å²) in [6.45, 7) is 11.9. The first-order valence-electron chi connectivity index (χ1n) is 14.3. The third-order valence-electron chi connectivity index (χ3n) is 8.71. The zero-order valence-electron chi connectivity index (χ0n) is 23.9. The number of halogens is 1. The Morgan fingerprint density at radius 1 is 1.26 bits per heavy atom. The molecule has 12 heteroatoms. The minimum atomic E-state index is -0.356. The van der Waals surface area contributed by atoms with Crippen LogP contribution < -0.4 is 21.1 Å². The summed E-state index contributed by atoms with van der Waals surface area (Å²) in [7, 11) is 0. The number of likely N-dealkylation sites (tertiary alicyclic amines) is 1. The summed E-state index contributed by atoms with van der Waals surface area (Å²) in [4.78, 5) is 37.1. The number of anilines is 2. The fourth-order valence-electron chi connectivity index (χ4n) is 6.65. The van der Waals surface area contributed by atoms with E-state index in [0.29, 0.717) is 76.2 Å². The predicted molar refractivity (Wildman–Crippen MR) is 164 cm³/mol. The molecule has 6 rings (SSSR count). The second-order valence-corrected chi connectivity index (χ2v) is 11.8. The van der Waals surface area contributed by atoms with Crippen LogP contribution in [0.4, 0.5) is 17.2 Å². The fourth-order valence-corrected chi connectivity index (χ4v) is 6.94. The number of amides is 1. The monoisotopic (exact) mass is 590 g/mol. The Bertz CT molecular complexity index is 1660. The van der Waals surface area contributed by atoms with Crippen LogP contribution in [0, 0.1) is 12.5 Å². The summed E-state index contributed by atoms with van der Waals surface area (Å²) in [5, 5.41) is 4.83. The van der Waals surface area contributed by atoms with Gasteiger partial charge < -0.3 is 25.2 Å². The number of carbonyl (C=O) groups is 1. The number of carbonyl (C=O) groups excluding carboxylic acids is 1. The maximum Gasteiger partial charge on any atom is 0.350 e. The Balaban J connectivity index is 1.59. The molecular formula is C30H35ClN8O3. The molecule has 3 aromatic rings. The number of nitrogen functional groups attached to an aromatic ring is 1. The van der Waals surface area contributed by atoms with Gasteiger partial charge in [0.05, 0.1) is 22.3 Å². The highest BCUT2D eigenvalue weighted by atomic mass is 35.5. The molecule has 2 aromatic carbocycles. The van der Waals surface area contributed by atoms with Gasteiger partial charge in [0, 0.05) is 48.7 Å². The summed E-state index contributed by atoms with van der Waals surface area (Å²) in [5.74, 6) is 0.854. The fraction of sp³-hybridized carbons (Fsp3) is 0.433. The highest BCUT2D eigenvalue weighted by Gasteiger charge is 2.35. The van der Waals surface area contributed by atoms with Gasteiger partial charge in [-0.3, -0.25) is 9.36 Å². The number of rotatable bonds is 6. The lowest BCUT2D eigenvalue weighted by Gasteiger charge is -2.41. The maximum atomic E-state index is 14.0. The molecule has 0 radical (unpaired) electrons. The number of hydrogen-bond donors (Lipinski definition) is 2. The molecule has 1 unspecified atom stereocenters. The molecule has 220 valence electrons. The van der Waals surface area contributed by atoms with Gasteiger partial charge in [-0.1, -0.05) is 24.2 Å². The number of hydrogen-bond acceptors (Lipinski definition) is 9. The van der Waals surface area contributed by atoms with Crippen molar-refractivity contribution < 1.29 is 9.53 Å². The third-order valence-corrected chi connectivity index (χ3v) is 9.01. The number of aryl methyl sites for hydroxylation is 1. The summed E-state index contributed by atoms with van der Waals surface area (Å²) >= 11 is 7.07. The molecule has 2 saturated heterocycles. The highest BCUT2D eigenvalue weighted by Crippen LogP contribution is 2.51. The van der Waals surface area contributed by atoms with Crippen molar-refractivity contribution in [3.63, 3.8) is 0 Å². The van der Waals surface area contributed by atoms with E-state index in [-0.39, 0.29) is 30.3 Å². The molecule has 0 spiro atoms. The molecule has 0 saturated carbocycles. The van der Waals surface area contributed by atoms with Crippen LogP contribution in [-0.4, -0.2) is 77.2 Å². The number of nitrogens with two attached hydrogens (primary N) is 1. The number of piperazine rings is 1. The van der Waals surface area contributed by atoms with Gasteiger partial charge in [0.25, 0.3) is 0 Å². The number of nitrogens with zero attached hydrogens (tertiary/aromatic N) is 6. The lowest BCUT2D eigenvalue weighted by molar-refractivity contribution is -0.126. The Morgan fingerprint density at radius 3 is 2.71 bits per heavy atom. The number of ether oxygens (including phenoxy) is 1. The van der Waals surface area contributed by atoms with Gasteiger partial charge in [-0.15, -0.1) is 0 Å². The molecule has 3 N–H and O–H groups in total. The SMILES string of the molecule is C=CC(=O)N1CCN(c2nc(=O)n3c4c(c(-c5c(C)ccc(N)c5N=N)c(Cl)cc24)OCC3CN2CCCC2)[C@@H](C)C1. The lowest BCUT2D eigenvalue weighted by Crippen LogP contribution is -2.54. The largest absolute Gasteiger partial charge is 0.488 e. The molecule has 2 fully saturated rings. The zero-order valence-corrected chi connectivity index (χ0v) is 24.7. The summed E-state index contributed by atoms with van der Waals surface area (Å²) in [6.07, 6.45) is 3.60. The standard InChI is InChI=1S/C30H35ClN8O3/c1-4-23(40)37-11-12-38(18(3)14-37)29-20-13-21(31)25(24-17(2)7-8-22(32)26(24)35-33)28-27(20)39(30(41)34-29)19(16-42-28)15-36-9-5-6-10-36/h4,7-8,13,18-19,33H,1,5-6,9-12,14-16,32H2,2-3H3/t18-,19?/m0/s1. The molecule has 0 aliphatic carbocycles. The van der Waals surface area contributed by atoms with Crippen LogP contribution in [0.2, 0.25) is 5.02 Å². The second-order valence-electron chi connectivity index (χ2n) is 11.4. The van der Waals surface area contributed by atoms with Crippen molar-refractivity contribution >= 4 is 45.6 Å². The van der Waals surface area contributed by atoms with Crippen molar-refractivity contribution in [1.29, 1.82) is 5.53 Å². The summed E-state index contributed by atoms with van der Waals surface area (Å²) < 4.78 is 8.30. The number of nitrogens with one attached hydrogen (secondary N) is 1. The summed E-state index contributed by atoms with van der Waals surface area (Å²) in [5.41, 5.74) is 17.0. The molecule has 0 bridgehead atoms. The van der Waals surface area contributed by atoms with E-state index in [0.717, 1.165) is 31.5 Å². The first-order chi connectivity index (χ1) is 20.2. The molecular weight excluding hydrogens is 556 g/mol. The van der Waals surface area contributed by atoms with Crippen LogP contribution in [-0.2, 0) is 4.79 Å². The van der Waals surface area contributed by atoms with E-state index < -0.39 is 0 Å². The Hall–Kier alpha value is -3.96. The zero-order chi connectivity index (χ0) is 29.7. The lowest BCUT2D eigenvalue weighted by atomic mass is 9.94. The van der Waals surface area contributed by atoms with Gasteiger partial charge in [-0.2, -0.15) is 10.1 Å². The maximum absolute atomic E-state index is 14.0. The van der Waals surface area contributed by atoms with Crippen molar-refractivity contribution in [3.8, 4) is 16.9 Å². The van der Waals surface area contributed by atoms with E-state index in [9.17, 15) is 9.59 Å². The van der Waals surface area contributed by atoms with Crippen LogP contribution in [0.15, 0.2) is 40.8 Å². The Kier molecular flexibility index (Phi) is 7.40. The van der Waals surface area contributed by atoms with Crippen LogP contribution in [0.5, 0.6) is 5.75 Å². The normalized spacial score (nSPS) is 20.5. The van der Waals surface area contributed by atoms with Gasteiger partial charge in [0.1, 0.15) is 18.1 Å². The smallest absolute Gasteiger partial charge is 0.350 e. The first-order valence-corrected chi connectivity index (χ1v) is 14.7. The first kappa shape index (κ1) is 28.2. The van der Waals surface area contributed by atoms with Crippen molar-refractivity contribution in [2.24, 2.45) is 5.11 Å². The van der Waals surface area contributed by atoms with Gasteiger partial charge in [0.15, 0.2) is 5.75 Å². The van der Waals surface area contributed by atoms with E-state index in [1.807, 2.05) is 26.0 Å². The van der Waals surface area contributed by atoms with E-state index in [2.05, 4.69) is 26.5 Å². The van der Waals surface area contributed by atoms with Gasteiger partial charge in [0.2, 0.25) is 5.91 Å². The number of benzene rings is 2. The highest BCUT2D eigenvalue weighted by molar-refractivity contribution is 6.35. The molecule has 1 aromatic heterocycles. The van der Waals surface area contributed by atoms with E-state index in [1.54, 1.807) is 15.5 Å². The molecule has 3 aliphatic heterocycles. The Labute approximate surface area is 249 Å². The minimum absolute atomic E-state index is 0.107. The molecule has 11 nitrogen and oxygen atoms in total. The van der Waals surface area contributed by atoms with Crippen LogP contribution in [0.3, 0.4) is 0 Å². The molecule has 3 aliphatic rings. The van der Waals surface area contributed by atoms with E-state index in [4.69, 9.17) is 27.6 Å². The van der Waals surface area contributed by atoms with Crippen molar-refractivity contribution in [3.05, 3.63) is 51.9 Å². The van der Waals surface area contributed by atoms with E-state index >= 15 is 0 Å². The van der Waals surface area contributed by atoms with Crippen LogP contribution in [0.1, 0.15) is 31.4 Å². The average Bonchev–Trinajstić information content (AvgIpc) is 3.49. The molecule has 1 amide bonds. The quantitative estimate of drug-likeness (QED) is 0.245. The molecule has 4 heterocycles. The van der Waals surface area contributed by atoms with Crippen molar-refractivity contribution in [2.45, 2.75) is 38.8 Å². The predicted octanol–water partition coefficient (Wildman–Crippen LogP) is 4.52. The van der Waals surface area contributed by atoms with Crippen LogP contribution >= 0.6 is 11.6 Å². The third kappa shape index (κ3) is 4.60. The van der Waals surface area contributed by atoms with Crippen molar-refractivity contribution in [1.82, 2.24) is 19.4 Å². The topological polar surface area (TPSA) is 133 Å². The summed E-state index contributed by atoms with van der Waals surface area (Å²) in [6, 6.07) is 5.07. The minimum Gasteiger partial charge on any atom is -0.488 e. The molecule has 2 atom stereocenters. The average molecular weight is 591 g/mol. The second kappa shape index (κ2) is 11.0. The van der Waals surface area contributed by atoms with Gasteiger partial charge in [-0.05, 0) is 63.6 Å². The number of aromatic nitrogens is 2. The Morgan fingerprint density at radius 2 is 2.02 bits per heavy atom. The van der Waals surface area contributed by atoms with Crippen molar-refractivity contribution in [2.75, 3.05) is 56.5 Å². The van der Waals surface area contributed by atoms with Gasteiger partial charge in [-0.25, -0.2) is 10.3 Å². The van der Waals surface area contributed by atoms with E-state index in [1.165, 1.54) is 6.08 Å². The molecule has 42 heavy (non-hydrogen) atoms. The van der Waals surface area contributed by atoms with Crippen LogP contribution in [0.25, 0.3) is 22.0 Å².